The number of hydrogen-bond donors (Lipinski definition) is 0. The van der Waals surface area contributed by atoms with Gasteiger partial charge in [-0.2, -0.15) is 0 Å². The van der Waals surface area contributed by atoms with E-state index >= 15 is 0 Å². The molecule has 0 aromatic rings. The molecule has 1 rings (SSSR count). The highest BCUT2D eigenvalue weighted by molar-refractivity contribution is 9.09. The minimum absolute atomic E-state index is 0.0499. The van der Waals surface area contributed by atoms with Gasteiger partial charge in [0.25, 0.3) is 0 Å². The van der Waals surface area contributed by atoms with E-state index in [1.54, 1.807) is 0 Å². The standard InChI is InChI=1S/C11H21BrO2/c1-10(2)6-8-13-9(5-7-12)14-11(10,3)4/h9H,5-8H2,1-4H3. The fourth-order valence-electron chi connectivity index (χ4n) is 1.50. The highest BCUT2D eigenvalue weighted by Crippen LogP contribution is 2.40. The summed E-state index contributed by atoms with van der Waals surface area (Å²) < 4.78 is 11.7. The van der Waals surface area contributed by atoms with E-state index in [4.69, 9.17) is 9.47 Å². The second-order valence-corrected chi connectivity index (χ2v) is 5.83. The van der Waals surface area contributed by atoms with Crippen LogP contribution in [0.1, 0.15) is 40.5 Å². The molecule has 1 fully saturated rings. The summed E-state index contributed by atoms with van der Waals surface area (Å²) in [4.78, 5) is 0. The predicted molar refractivity (Wildman–Crippen MR) is 61.7 cm³/mol. The van der Waals surface area contributed by atoms with Gasteiger partial charge in [-0.15, -0.1) is 0 Å². The molecule has 1 aliphatic heterocycles. The van der Waals surface area contributed by atoms with Gasteiger partial charge in [0.1, 0.15) is 0 Å². The molecular formula is C11H21BrO2. The smallest absolute Gasteiger partial charge is 0.159 e. The molecule has 0 aromatic heterocycles. The van der Waals surface area contributed by atoms with E-state index in [0.29, 0.717) is 0 Å². The summed E-state index contributed by atoms with van der Waals surface area (Å²) in [7, 11) is 0. The number of rotatable bonds is 2. The lowest BCUT2D eigenvalue weighted by Gasteiger charge is -2.40. The van der Waals surface area contributed by atoms with Gasteiger partial charge in [-0.05, 0) is 25.7 Å². The van der Waals surface area contributed by atoms with Crippen molar-refractivity contribution in [2.24, 2.45) is 5.41 Å². The summed E-state index contributed by atoms with van der Waals surface area (Å²) in [6, 6.07) is 0. The van der Waals surface area contributed by atoms with Crippen LogP contribution in [0.25, 0.3) is 0 Å². The van der Waals surface area contributed by atoms with E-state index in [9.17, 15) is 0 Å². The van der Waals surface area contributed by atoms with Gasteiger partial charge in [-0.25, -0.2) is 0 Å². The summed E-state index contributed by atoms with van der Waals surface area (Å²) in [6.07, 6.45) is 1.92. The van der Waals surface area contributed by atoms with Crippen molar-refractivity contribution in [1.29, 1.82) is 0 Å². The average molecular weight is 265 g/mol. The van der Waals surface area contributed by atoms with Crippen LogP contribution in [0.5, 0.6) is 0 Å². The highest BCUT2D eigenvalue weighted by atomic mass is 79.9. The summed E-state index contributed by atoms with van der Waals surface area (Å²) in [5, 5.41) is 0.925. The van der Waals surface area contributed by atoms with Gasteiger partial charge >= 0.3 is 0 Å². The van der Waals surface area contributed by atoms with Gasteiger partial charge < -0.3 is 9.47 Å². The molecule has 14 heavy (non-hydrogen) atoms. The Morgan fingerprint density at radius 1 is 1.29 bits per heavy atom. The topological polar surface area (TPSA) is 18.5 Å². The van der Waals surface area contributed by atoms with Crippen LogP contribution in [0.3, 0.4) is 0 Å². The van der Waals surface area contributed by atoms with Crippen LogP contribution >= 0.6 is 15.9 Å². The first kappa shape index (κ1) is 12.5. The van der Waals surface area contributed by atoms with Crippen molar-refractivity contribution < 1.29 is 9.47 Å². The third kappa shape index (κ3) is 2.71. The van der Waals surface area contributed by atoms with Gasteiger partial charge in [0.15, 0.2) is 6.29 Å². The molecule has 0 aliphatic carbocycles. The molecule has 1 heterocycles. The second-order valence-electron chi connectivity index (χ2n) is 5.04. The van der Waals surface area contributed by atoms with Crippen molar-refractivity contribution in [1.82, 2.24) is 0 Å². The van der Waals surface area contributed by atoms with Crippen molar-refractivity contribution in [2.45, 2.75) is 52.4 Å². The zero-order valence-electron chi connectivity index (χ0n) is 9.60. The van der Waals surface area contributed by atoms with Crippen LogP contribution in [0.15, 0.2) is 0 Å². The van der Waals surface area contributed by atoms with Gasteiger partial charge in [0.2, 0.25) is 0 Å². The molecule has 0 amide bonds. The average Bonchev–Trinajstić information content (AvgIpc) is 2.10. The van der Waals surface area contributed by atoms with Crippen molar-refractivity contribution >= 4 is 15.9 Å². The Labute approximate surface area is 95.5 Å². The van der Waals surface area contributed by atoms with E-state index < -0.39 is 0 Å². The van der Waals surface area contributed by atoms with Crippen LogP contribution < -0.4 is 0 Å². The van der Waals surface area contributed by atoms with Gasteiger partial charge in [-0.1, -0.05) is 29.8 Å². The lowest BCUT2D eigenvalue weighted by atomic mass is 9.75. The number of alkyl halides is 1. The monoisotopic (exact) mass is 264 g/mol. The van der Waals surface area contributed by atoms with E-state index in [0.717, 1.165) is 24.8 Å². The SMILES string of the molecule is CC1(C)CCOC(CCBr)OC1(C)C. The molecule has 1 unspecified atom stereocenters. The first-order valence-corrected chi connectivity index (χ1v) is 6.36. The fourth-order valence-corrected chi connectivity index (χ4v) is 1.87. The van der Waals surface area contributed by atoms with E-state index in [-0.39, 0.29) is 17.3 Å². The maximum Gasteiger partial charge on any atom is 0.159 e. The highest BCUT2D eigenvalue weighted by Gasteiger charge is 2.41. The molecule has 1 aliphatic rings. The Bertz CT molecular complexity index is 190. The van der Waals surface area contributed by atoms with Crippen molar-refractivity contribution in [3.8, 4) is 0 Å². The molecule has 0 bridgehead atoms. The van der Waals surface area contributed by atoms with Crippen molar-refractivity contribution in [3.63, 3.8) is 0 Å². The number of ether oxygens (including phenoxy) is 2. The Kier molecular flexibility index (Phi) is 4.01. The Balaban J connectivity index is 2.69. The van der Waals surface area contributed by atoms with E-state index in [1.165, 1.54) is 0 Å². The molecule has 3 heteroatoms. The second kappa shape index (κ2) is 4.50. The van der Waals surface area contributed by atoms with Crippen molar-refractivity contribution in [3.05, 3.63) is 0 Å². The molecule has 84 valence electrons. The summed E-state index contributed by atoms with van der Waals surface area (Å²) in [5.41, 5.74) is 0.0599. The molecule has 0 saturated carbocycles. The molecule has 0 radical (unpaired) electrons. The lowest BCUT2D eigenvalue weighted by molar-refractivity contribution is -0.202. The Hall–Kier alpha value is 0.400. The minimum atomic E-state index is -0.115. The number of halogens is 1. The Morgan fingerprint density at radius 2 is 1.93 bits per heavy atom. The Morgan fingerprint density at radius 3 is 2.50 bits per heavy atom. The molecule has 1 atom stereocenters. The van der Waals surface area contributed by atoms with Crippen LogP contribution in [0.4, 0.5) is 0 Å². The quantitative estimate of drug-likeness (QED) is 0.713. The van der Waals surface area contributed by atoms with E-state index in [1.807, 2.05) is 0 Å². The van der Waals surface area contributed by atoms with Gasteiger partial charge in [-0.3, -0.25) is 0 Å². The maximum absolute atomic E-state index is 6.00. The van der Waals surface area contributed by atoms with Crippen LogP contribution in [-0.4, -0.2) is 23.8 Å². The van der Waals surface area contributed by atoms with Crippen molar-refractivity contribution in [2.75, 3.05) is 11.9 Å². The molecular weight excluding hydrogens is 244 g/mol. The predicted octanol–water partition coefficient (Wildman–Crippen LogP) is 3.34. The molecule has 0 aromatic carbocycles. The van der Waals surface area contributed by atoms with Crippen LogP contribution in [0.2, 0.25) is 0 Å². The summed E-state index contributed by atoms with van der Waals surface area (Å²) in [6.45, 7) is 9.60. The third-order valence-electron chi connectivity index (χ3n) is 3.43. The molecule has 2 nitrogen and oxygen atoms in total. The van der Waals surface area contributed by atoms with Gasteiger partial charge in [0, 0.05) is 11.8 Å². The first-order valence-electron chi connectivity index (χ1n) is 5.24. The zero-order chi connectivity index (χ0) is 10.8. The zero-order valence-corrected chi connectivity index (χ0v) is 11.2. The largest absolute Gasteiger partial charge is 0.353 e. The van der Waals surface area contributed by atoms with Crippen LogP contribution in [-0.2, 0) is 9.47 Å². The first-order chi connectivity index (χ1) is 6.39. The lowest BCUT2D eigenvalue weighted by Crippen LogP contribution is -2.42. The number of hydrogen-bond acceptors (Lipinski definition) is 2. The molecule has 0 N–H and O–H groups in total. The van der Waals surface area contributed by atoms with Crippen LogP contribution in [0, 0.1) is 5.41 Å². The molecule has 1 saturated heterocycles. The van der Waals surface area contributed by atoms with Gasteiger partial charge in [0.05, 0.1) is 12.2 Å². The minimum Gasteiger partial charge on any atom is -0.353 e. The normalized spacial score (nSPS) is 31.1. The summed E-state index contributed by atoms with van der Waals surface area (Å²) in [5.74, 6) is 0. The van der Waals surface area contributed by atoms with E-state index in [2.05, 4.69) is 43.6 Å². The fraction of sp³-hybridized carbons (Fsp3) is 1.00. The maximum atomic E-state index is 6.00. The molecule has 0 spiro atoms. The third-order valence-corrected chi connectivity index (χ3v) is 3.89. The summed E-state index contributed by atoms with van der Waals surface area (Å²) >= 11 is 3.42.